The van der Waals surface area contributed by atoms with E-state index in [2.05, 4.69) is 16.6 Å². The van der Waals surface area contributed by atoms with E-state index in [4.69, 9.17) is 4.42 Å². The number of benzene rings is 1. The molecule has 0 spiro atoms. The van der Waals surface area contributed by atoms with Crippen molar-refractivity contribution in [3.8, 4) is 5.69 Å². The summed E-state index contributed by atoms with van der Waals surface area (Å²) < 4.78 is 7.30. The SMILES string of the molecule is CNC(Cc1ccco1)c1cnn(-c2ccccc2)c1. The van der Waals surface area contributed by atoms with Crippen molar-refractivity contribution < 1.29 is 4.42 Å². The summed E-state index contributed by atoms with van der Waals surface area (Å²) in [5, 5.41) is 7.74. The number of nitrogens with zero attached hydrogens (tertiary/aromatic N) is 2. The molecule has 3 rings (SSSR count). The Morgan fingerprint density at radius 2 is 2.05 bits per heavy atom. The Bertz CT molecular complexity index is 643. The van der Waals surface area contributed by atoms with Gasteiger partial charge in [0, 0.05) is 24.2 Å². The molecule has 0 aliphatic carbocycles. The van der Waals surface area contributed by atoms with Crippen LogP contribution in [0.2, 0.25) is 0 Å². The number of hydrogen-bond donors (Lipinski definition) is 1. The molecule has 1 N–H and O–H groups in total. The second kappa shape index (κ2) is 5.75. The Morgan fingerprint density at radius 1 is 1.20 bits per heavy atom. The third kappa shape index (κ3) is 2.65. The molecule has 0 saturated heterocycles. The van der Waals surface area contributed by atoms with E-state index in [0.717, 1.165) is 23.4 Å². The van der Waals surface area contributed by atoms with E-state index in [1.807, 2.05) is 60.4 Å². The van der Waals surface area contributed by atoms with Gasteiger partial charge in [0.15, 0.2) is 0 Å². The van der Waals surface area contributed by atoms with E-state index in [9.17, 15) is 0 Å². The number of aromatic nitrogens is 2. The van der Waals surface area contributed by atoms with Crippen molar-refractivity contribution >= 4 is 0 Å². The molecule has 0 amide bonds. The Hall–Kier alpha value is -2.33. The molecule has 20 heavy (non-hydrogen) atoms. The first-order chi connectivity index (χ1) is 9.86. The fourth-order valence-electron chi connectivity index (χ4n) is 2.26. The van der Waals surface area contributed by atoms with Gasteiger partial charge in [-0.2, -0.15) is 5.10 Å². The smallest absolute Gasteiger partial charge is 0.105 e. The Labute approximate surface area is 118 Å². The monoisotopic (exact) mass is 267 g/mol. The summed E-state index contributed by atoms with van der Waals surface area (Å²) in [5.74, 6) is 0.969. The van der Waals surface area contributed by atoms with Gasteiger partial charge in [0.05, 0.1) is 18.1 Å². The zero-order valence-electron chi connectivity index (χ0n) is 11.4. The fraction of sp³-hybridized carbons (Fsp3) is 0.188. The summed E-state index contributed by atoms with van der Waals surface area (Å²) in [4.78, 5) is 0. The van der Waals surface area contributed by atoms with Crippen molar-refractivity contribution in [1.82, 2.24) is 15.1 Å². The van der Waals surface area contributed by atoms with Crippen molar-refractivity contribution in [2.24, 2.45) is 0 Å². The number of nitrogens with one attached hydrogen (secondary N) is 1. The second-order valence-corrected chi connectivity index (χ2v) is 4.68. The van der Waals surface area contributed by atoms with Gasteiger partial charge in [0.1, 0.15) is 5.76 Å². The number of para-hydroxylation sites is 1. The van der Waals surface area contributed by atoms with Crippen molar-refractivity contribution in [3.05, 3.63) is 72.4 Å². The first-order valence-electron chi connectivity index (χ1n) is 6.66. The average Bonchev–Trinajstić information content (AvgIpc) is 3.17. The Morgan fingerprint density at radius 3 is 2.75 bits per heavy atom. The standard InChI is InChI=1S/C16H17N3O/c1-17-16(10-15-8-5-9-20-15)13-11-18-19(12-13)14-6-3-2-4-7-14/h2-9,11-12,16-17H,10H2,1H3. The maximum Gasteiger partial charge on any atom is 0.105 e. The van der Waals surface area contributed by atoms with Crippen molar-refractivity contribution in [2.45, 2.75) is 12.5 Å². The topological polar surface area (TPSA) is 43.0 Å². The highest BCUT2D eigenvalue weighted by Crippen LogP contribution is 2.19. The van der Waals surface area contributed by atoms with Crippen LogP contribution < -0.4 is 5.32 Å². The van der Waals surface area contributed by atoms with Crippen LogP contribution in [0.1, 0.15) is 17.4 Å². The van der Waals surface area contributed by atoms with Crippen molar-refractivity contribution in [3.63, 3.8) is 0 Å². The minimum atomic E-state index is 0.193. The molecule has 2 aromatic heterocycles. The minimum absolute atomic E-state index is 0.193. The van der Waals surface area contributed by atoms with Gasteiger partial charge >= 0.3 is 0 Å². The Kier molecular flexibility index (Phi) is 3.65. The molecule has 1 unspecified atom stereocenters. The van der Waals surface area contributed by atoms with E-state index < -0.39 is 0 Å². The lowest BCUT2D eigenvalue weighted by molar-refractivity contribution is 0.466. The third-order valence-electron chi connectivity index (χ3n) is 3.36. The molecule has 3 aromatic rings. The largest absolute Gasteiger partial charge is 0.469 e. The van der Waals surface area contributed by atoms with Crippen LogP contribution in [0, 0.1) is 0 Å². The number of rotatable bonds is 5. The molecular formula is C16H17N3O. The third-order valence-corrected chi connectivity index (χ3v) is 3.36. The molecule has 0 aliphatic heterocycles. The second-order valence-electron chi connectivity index (χ2n) is 4.68. The van der Waals surface area contributed by atoms with Crippen LogP contribution in [0.4, 0.5) is 0 Å². The van der Waals surface area contributed by atoms with Gasteiger partial charge in [0.2, 0.25) is 0 Å². The fourth-order valence-corrected chi connectivity index (χ4v) is 2.26. The van der Waals surface area contributed by atoms with Crippen molar-refractivity contribution in [2.75, 3.05) is 7.05 Å². The van der Waals surface area contributed by atoms with Crippen LogP contribution in [0.15, 0.2) is 65.5 Å². The van der Waals surface area contributed by atoms with E-state index in [0.29, 0.717) is 0 Å². The molecule has 1 aromatic carbocycles. The lowest BCUT2D eigenvalue weighted by Gasteiger charge is -2.12. The normalized spacial score (nSPS) is 12.4. The zero-order chi connectivity index (χ0) is 13.8. The highest BCUT2D eigenvalue weighted by atomic mass is 16.3. The lowest BCUT2D eigenvalue weighted by atomic mass is 10.1. The molecule has 0 bridgehead atoms. The molecule has 1 atom stereocenters. The van der Waals surface area contributed by atoms with Gasteiger partial charge in [-0.05, 0) is 31.3 Å². The van der Waals surface area contributed by atoms with Gasteiger partial charge in [0.25, 0.3) is 0 Å². The molecular weight excluding hydrogens is 250 g/mol. The molecule has 0 aliphatic rings. The first kappa shape index (κ1) is 12.7. The predicted octanol–water partition coefficient (Wildman–Crippen LogP) is 2.97. The molecule has 4 nitrogen and oxygen atoms in total. The van der Waals surface area contributed by atoms with E-state index >= 15 is 0 Å². The molecule has 102 valence electrons. The summed E-state index contributed by atoms with van der Waals surface area (Å²) >= 11 is 0. The van der Waals surface area contributed by atoms with Crippen molar-refractivity contribution in [1.29, 1.82) is 0 Å². The molecule has 0 radical (unpaired) electrons. The first-order valence-corrected chi connectivity index (χ1v) is 6.66. The summed E-state index contributed by atoms with van der Waals surface area (Å²) in [6, 6.07) is 14.2. The van der Waals surface area contributed by atoms with Crippen LogP contribution in [0.3, 0.4) is 0 Å². The maximum absolute atomic E-state index is 5.41. The highest BCUT2D eigenvalue weighted by molar-refractivity contribution is 5.31. The van der Waals surface area contributed by atoms with Crippen LogP contribution in [0.5, 0.6) is 0 Å². The lowest BCUT2D eigenvalue weighted by Crippen LogP contribution is -2.18. The minimum Gasteiger partial charge on any atom is -0.469 e. The van der Waals surface area contributed by atoms with Gasteiger partial charge in [-0.1, -0.05) is 18.2 Å². The quantitative estimate of drug-likeness (QED) is 0.773. The summed E-state index contributed by atoms with van der Waals surface area (Å²) in [7, 11) is 1.95. The van der Waals surface area contributed by atoms with Gasteiger partial charge < -0.3 is 9.73 Å². The predicted molar refractivity (Wildman–Crippen MR) is 77.8 cm³/mol. The van der Waals surface area contributed by atoms with Crippen LogP contribution in [0.25, 0.3) is 5.69 Å². The van der Waals surface area contributed by atoms with E-state index in [1.54, 1.807) is 6.26 Å². The van der Waals surface area contributed by atoms with Crippen LogP contribution in [-0.2, 0) is 6.42 Å². The van der Waals surface area contributed by atoms with E-state index in [-0.39, 0.29) is 6.04 Å². The van der Waals surface area contributed by atoms with Gasteiger partial charge in [-0.15, -0.1) is 0 Å². The summed E-state index contributed by atoms with van der Waals surface area (Å²) in [6.07, 6.45) is 6.47. The Balaban J connectivity index is 1.81. The number of likely N-dealkylation sites (N-methyl/N-ethyl adjacent to an activating group) is 1. The summed E-state index contributed by atoms with van der Waals surface area (Å²) in [6.45, 7) is 0. The van der Waals surface area contributed by atoms with Gasteiger partial charge in [-0.25, -0.2) is 4.68 Å². The maximum atomic E-state index is 5.41. The molecule has 0 fully saturated rings. The zero-order valence-corrected chi connectivity index (χ0v) is 11.4. The molecule has 4 heteroatoms. The van der Waals surface area contributed by atoms with Gasteiger partial charge in [-0.3, -0.25) is 0 Å². The highest BCUT2D eigenvalue weighted by Gasteiger charge is 2.14. The van der Waals surface area contributed by atoms with Crippen LogP contribution >= 0.6 is 0 Å². The summed E-state index contributed by atoms with van der Waals surface area (Å²) in [5.41, 5.74) is 2.21. The van der Waals surface area contributed by atoms with Crippen LogP contribution in [-0.4, -0.2) is 16.8 Å². The molecule has 2 heterocycles. The molecule has 0 saturated carbocycles. The number of furan rings is 1. The average molecular weight is 267 g/mol. The number of hydrogen-bond acceptors (Lipinski definition) is 3. The van der Waals surface area contributed by atoms with E-state index in [1.165, 1.54) is 0 Å².